The fourth-order valence-corrected chi connectivity index (χ4v) is 1.70. The molecule has 3 nitrogen and oxygen atoms in total. The highest BCUT2D eigenvalue weighted by molar-refractivity contribution is 6.37. The van der Waals surface area contributed by atoms with Gasteiger partial charge in [-0.25, -0.2) is 0 Å². The van der Waals surface area contributed by atoms with Gasteiger partial charge in [0.2, 0.25) is 5.78 Å². The molecule has 0 amide bonds. The highest BCUT2D eigenvalue weighted by Crippen LogP contribution is 2.27. The van der Waals surface area contributed by atoms with Gasteiger partial charge in [-0.05, 0) is 18.8 Å². The van der Waals surface area contributed by atoms with Crippen LogP contribution in [0.1, 0.15) is 32.6 Å². The minimum Gasteiger partial charge on any atom is -0.385 e. The molecule has 1 N–H and O–H groups in total. The molecular weight excluding hydrogens is 156 g/mol. The van der Waals surface area contributed by atoms with E-state index in [1.807, 2.05) is 0 Å². The average Bonchev–Trinajstić information content (AvgIpc) is 2.53. The van der Waals surface area contributed by atoms with Gasteiger partial charge in [0.05, 0.1) is 0 Å². The molecule has 12 heavy (non-hydrogen) atoms. The predicted molar refractivity (Wildman–Crippen MR) is 43.7 cm³/mol. The number of hydrogen-bond donors (Lipinski definition) is 1. The third-order valence-corrected chi connectivity index (χ3v) is 2.46. The molecule has 0 aromatic rings. The Balaban J connectivity index is 2.51. The van der Waals surface area contributed by atoms with Crippen molar-refractivity contribution in [1.82, 2.24) is 0 Å². The second-order valence-corrected chi connectivity index (χ2v) is 3.41. The van der Waals surface area contributed by atoms with Crippen LogP contribution >= 0.6 is 0 Å². The summed E-state index contributed by atoms with van der Waals surface area (Å²) in [6.45, 7) is 1.21. The number of carbonyl (C=O) groups excluding carboxylic acids is 2. The lowest BCUT2D eigenvalue weighted by atomic mass is 9.96. The Bertz CT molecular complexity index is 192. The molecule has 0 bridgehead atoms. The van der Waals surface area contributed by atoms with Crippen molar-refractivity contribution in [2.24, 2.45) is 5.92 Å². The van der Waals surface area contributed by atoms with Gasteiger partial charge in [0.25, 0.3) is 0 Å². The minimum atomic E-state index is -1.04. The van der Waals surface area contributed by atoms with E-state index in [0.717, 1.165) is 25.7 Å². The Morgan fingerprint density at radius 1 is 1.33 bits per heavy atom. The van der Waals surface area contributed by atoms with E-state index >= 15 is 0 Å². The SMILES string of the molecule is CC(=O)C(=O)C(O)C1CCCC1. The first-order chi connectivity index (χ1) is 5.63. The summed E-state index contributed by atoms with van der Waals surface area (Å²) in [6, 6.07) is 0. The van der Waals surface area contributed by atoms with Gasteiger partial charge in [0.15, 0.2) is 5.78 Å². The lowest BCUT2D eigenvalue weighted by molar-refractivity contribution is -0.142. The van der Waals surface area contributed by atoms with Crippen molar-refractivity contribution in [3.05, 3.63) is 0 Å². The van der Waals surface area contributed by atoms with E-state index in [1.54, 1.807) is 0 Å². The Hall–Kier alpha value is -0.700. The van der Waals surface area contributed by atoms with Crippen LogP contribution in [0.5, 0.6) is 0 Å². The largest absolute Gasteiger partial charge is 0.385 e. The highest BCUT2D eigenvalue weighted by Gasteiger charge is 2.30. The minimum absolute atomic E-state index is 0.0291. The molecule has 0 saturated heterocycles. The monoisotopic (exact) mass is 170 g/mol. The third-order valence-electron chi connectivity index (χ3n) is 2.46. The number of Topliss-reactive ketones (excluding diaryl/α,β-unsaturated/α-hetero) is 2. The summed E-state index contributed by atoms with van der Waals surface area (Å²) in [5, 5.41) is 9.42. The quantitative estimate of drug-likeness (QED) is 0.634. The van der Waals surface area contributed by atoms with Crippen molar-refractivity contribution in [2.75, 3.05) is 0 Å². The van der Waals surface area contributed by atoms with E-state index in [4.69, 9.17) is 0 Å². The van der Waals surface area contributed by atoms with Crippen molar-refractivity contribution < 1.29 is 14.7 Å². The van der Waals surface area contributed by atoms with E-state index in [1.165, 1.54) is 6.92 Å². The Labute approximate surface area is 71.8 Å². The standard InChI is InChI=1S/C9H14O3/c1-6(10)8(11)9(12)7-4-2-3-5-7/h7,9,12H,2-5H2,1H3. The number of carbonyl (C=O) groups is 2. The molecule has 0 radical (unpaired) electrons. The highest BCUT2D eigenvalue weighted by atomic mass is 16.3. The van der Waals surface area contributed by atoms with Crippen LogP contribution in [0.2, 0.25) is 0 Å². The van der Waals surface area contributed by atoms with Crippen LogP contribution in [-0.2, 0) is 9.59 Å². The van der Waals surface area contributed by atoms with Gasteiger partial charge in [-0.2, -0.15) is 0 Å². The molecule has 1 aliphatic rings. The molecule has 0 aliphatic heterocycles. The molecule has 68 valence electrons. The van der Waals surface area contributed by atoms with E-state index < -0.39 is 17.7 Å². The first kappa shape index (κ1) is 9.39. The van der Waals surface area contributed by atoms with Crippen LogP contribution in [0.15, 0.2) is 0 Å². The third kappa shape index (κ3) is 1.91. The Kier molecular flexibility index (Phi) is 2.98. The van der Waals surface area contributed by atoms with Gasteiger partial charge < -0.3 is 5.11 Å². The van der Waals surface area contributed by atoms with Gasteiger partial charge in [-0.1, -0.05) is 12.8 Å². The van der Waals surface area contributed by atoms with E-state index in [9.17, 15) is 14.7 Å². The summed E-state index contributed by atoms with van der Waals surface area (Å²) in [7, 11) is 0. The molecule has 1 saturated carbocycles. The summed E-state index contributed by atoms with van der Waals surface area (Å²) in [6.07, 6.45) is 2.84. The van der Waals surface area contributed by atoms with Gasteiger partial charge >= 0.3 is 0 Å². The summed E-state index contributed by atoms with van der Waals surface area (Å²) < 4.78 is 0. The maximum absolute atomic E-state index is 11.0. The molecular formula is C9H14O3. The van der Waals surface area contributed by atoms with E-state index in [-0.39, 0.29) is 5.92 Å². The topological polar surface area (TPSA) is 54.4 Å². The first-order valence-electron chi connectivity index (χ1n) is 4.35. The summed E-state index contributed by atoms with van der Waals surface area (Å²) >= 11 is 0. The van der Waals surface area contributed by atoms with Gasteiger partial charge in [-0.15, -0.1) is 0 Å². The molecule has 0 heterocycles. The zero-order chi connectivity index (χ0) is 9.14. The fraction of sp³-hybridized carbons (Fsp3) is 0.778. The number of aliphatic hydroxyl groups is 1. The molecule has 0 spiro atoms. The lowest BCUT2D eigenvalue weighted by Crippen LogP contribution is -2.32. The maximum atomic E-state index is 11.0. The van der Waals surface area contributed by atoms with Crippen LogP contribution in [0.25, 0.3) is 0 Å². The lowest BCUT2D eigenvalue weighted by Gasteiger charge is -2.13. The molecule has 0 aromatic heterocycles. The number of ketones is 2. The summed E-state index contributed by atoms with van der Waals surface area (Å²) in [4.78, 5) is 21.7. The molecule has 1 unspecified atom stereocenters. The van der Waals surface area contributed by atoms with Gasteiger partial charge in [0.1, 0.15) is 6.10 Å². The predicted octanol–water partition coefficient (Wildman–Crippen LogP) is 0.696. The van der Waals surface area contributed by atoms with Crippen molar-refractivity contribution >= 4 is 11.6 Å². The van der Waals surface area contributed by atoms with Crippen molar-refractivity contribution in [1.29, 1.82) is 0 Å². The van der Waals surface area contributed by atoms with Crippen molar-refractivity contribution in [3.8, 4) is 0 Å². The molecule has 1 aliphatic carbocycles. The van der Waals surface area contributed by atoms with Crippen molar-refractivity contribution in [3.63, 3.8) is 0 Å². The fourth-order valence-electron chi connectivity index (χ4n) is 1.70. The number of hydrogen-bond acceptors (Lipinski definition) is 3. The molecule has 1 atom stereocenters. The van der Waals surface area contributed by atoms with Crippen LogP contribution in [-0.4, -0.2) is 22.8 Å². The second-order valence-electron chi connectivity index (χ2n) is 3.41. The van der Waals surface area contributed by atoms with Crippen LogP contribution in [0.4, 0.5) is 0 Å². The zero-order valence-corrected chi connectivity index (χ0v) is 7.25. The summed E-state index contributed by atoms with van der Waals surface area (Å²) in [5.74, 6) is -1.13. The average molecular weight is 170 g/mol. The first-order valence-corrected chi connectivity index (χ1v) is 4.35. The van der Waals surface area contributed by atoms with Gasteiger partial charge in [0, 0.05) is 6.92 Å². The Morgan fingerprint density at radius 2 is 1.83 bits per heavy atom. The molecule has 3 heteroatoms. The zero-order valence-electron chi connectivity index (χ0n) is 7.25. The van der Waals surface area contributed by atoms with Crippen LogP contribution < -0.4 is 0 Å². The summed E-state index contributed by atoms with van der Waals surface area (Å²) in [5.41, 5.74) is 0. The molecule has 1 fully saturated rings. The van der Waals surface area contributed by atoms with E-state index in [2.05, 4.69) is 0 Å². The molecule has 1 rings (SSSR count). The smallest absolute Gasteiger partial charge is 0.226 e. The Morgan fingerprint density at radius 3 is 2.25 bits per heavy atom. The second kappa shape index (κ2) is 3.81. The van der Waals surface area contributed by atoms with Gasteiger partial charge in [-0.3, -0.25) is 9.59 Å². The van der Waals surface area contributed by atoms with Crippen LogP contribution in [0, 0.1) is 5.92 Å². The molecule has 0 aromatic carbocycles. The number of aliphatic hydroxyl groups excluding tert-OH is 1. The normalized spacial score (nSPS) is 20.8. The number of rotatable bonds is 3. The van der Waals surface area contributed by atoms with Crippen LogP contribution in [0.3, 0.4) is 0 Å². The maximum Gasteiger partial charge on any atom is 0.226 e. The van der Waals surface area contributed by atoms with E-state index in [0.29, 0.717) is 0 Å². The van der Waals surface area contributed by atoms with Crippen molar-refractivity contribution in [2.45, 2.75) is 38.7 Å².